The molecule has 106 valence electrons. The van der Waals surface area contributed by atoms with Crippen LogP contribution < -0.4 is 10.1 Å². The minimum absolute atomic E-state index is 0.0908. The Morgan fingerprint density at radius 3 is 2.58 bits per heavy atom. The molecule has 1 aromatic carbocycles. The lowest BCUT2D eigenvalue weighted by Crippen LogP contribution is -2.52. The van der Waals surface area contributed by atoms with Crippen LogP contribution in [0.25, 0.3) is 0 Å². The third kappa shape index (κ3) is 3.25. The Morgan fingerprint density at radius 1 is 1.37 bits per heavy atom. The lowest BCUT2D eigenvalue weighted by Gasteiger charge is -2.41. The number of likely N-dealkylation sites (tertiary alicyclic amines) is 1. The predicted molar refractivity (Wildman–Crippen MR) is 75.2 cm³/mol. The Hall–Kier alpha value is -1.13. The number of ether oxygens (including phenoxy) is 1. The fraction of sp³-hybridized carbons (Fsp3) is 0.600. The fourth-order valence-electron chi connectivity index (χ4n) is 2.77. The summed E-state index contributed by atoms with van der Waals surface area (Å²) < 4.78 is 18.7. The molecule has 0 amide bonds. The summed E-state index contributed by atoms with van der Waals surface area (Å²) in [6.45, 7) is 2.17. The summed E-state index contributed by atoms with van der Waals surface area (Å²) in [5.74, 6) is 0.0322. The molecule has 0 bridgehead atoms. The highest BCUT2D eigenvalue weighted by molar-refractivity contribution is 5.30. The number of nitrogens with one attached hydrogen (secondary N) is 1. The van der Waals surface area contributed by atoms with Crippen molar-refractivity contribution in [2.75, 3.05) is 34.3 Å². The third-order valence-corrected chi connectivity index (χ3v) is 4.23. The largest absolute Gasteiger partial charge is 0.494 e. The van der Waals surface area contributed by atoms with E-state index in [-0.39, 0.29) is 11.4 Å². The normalized spacial score (nSPS) is 19.4. The molecular weight excluding hydrogens is 243 g/mol. The van der Waals surface area contributed by atoms with E-state index >= 15 is 0 Å². The van der Waals surface area contributed by atoms with Gasteiger partial charge in [-0.25, -0.2) is 4.39 Å². The average Bonchev–Trinajstić information content (AvgIpc) is 2.42. The van der Waals surface area contributed by atoms with Crippen molar-refractivity contribution in [3.05, 3.63) is 29.6 Å². The second-order valence-electron chi connectivity index (χ2n) is 5.48. The van der Waals surface area contributed by atoms with Crippen LogP contribution in [0.4, 0.5) is 4.39 Å². The Kier molecular flexibility index (Phi) is 4.42. The lowest BCUT2D eigenvalue weighted by molar-refractivity contribution is 0.163. The molecule has 1 heterocycles. The van der Waals surface area contributed by atoms with Crippen LogP contribution in [0.1, 0.15) is 18.4 Å². The molecule has 1 N–H and O–H groups in total. The summed E-state index contributed by atoms with van der Waals surface area (Å²) in [5.41, 5.74) is 1.12. The van der Waals surface area contributed by atoms with E-state index in [9.17, 15) is 4.39 Å². The molecule has 19 heavy (non-hydrogen) atoms. The summed E-state index contributed by atoms with van der Waals surface area (Å²) in [7, 11) is 5.64. The molecule has 3 nitrogen and oxygen atoms in total. The van der Waals surface area contributed by atoms with E-state index in [1.165, 1.54) is 7.11 Å². The molecule has 0 unspecified atom stereocenters. The van der Waals surface area contributed by atoms with E-state index in [1.807, 2.05) is 13.1 Å². The van der Waals surface area contributed by atoms with Gasteiger partial charge in [-0.1, -0.05) is 6.07 Å². The molecular formula is C15H23FN2O. The summed E-state index contributed by atoms with van der Waals surface area (Å²) in [4.78, 5) is 2.34. The lowest BCUT2D eigenvalue weighted by atomic mass is 9.82. The molecule has 4 heteroatoms. The number of nitrogens with zero attached hydrogens (tertiary/aromatic N) is 1. The second-order valence-corrected chi connectivity index (χ2v) is 5.48. The van der Waals surface area contributed by atoms with Gasteiger partial charge in [0.05, 0.1) is 7.11 Å². The van der Waals surface area contributed by atoms with Crippen LogP contribution in [0.2, 0.25) is 0 Å². The van der Waals surface area contributed by atoms with E-state index in [4.69, 9.17) is 4.74 Å². The van der Waals surface area contributed by atoms with Crippen molar-refractivity contribution >= 4 is 0 Å². The third-order valence-electron chi connectivity index (χ3n) is 4.23. The van der Waals surface area contributed by atoms with Crippen LogP contribution in [-0.2, 0) is 6.42 Å². The molecule has 0 aliphatic carbocycles. The molecule has 1 aliphatic heterocycles. The van der Waals surface area contributed by atoms with E-state index in [0.717, 1.165) is 37.9 Å². The van der Waals surface area contributed by atoms with Gasteiger partial charge in [-0.05, 0) is 64.1 Å². The second kappa shape index (κ2) is 5.88. The van der Waals surface area contributed by atoms with Gasteiger partial charge in [0.1, 0.15) is 0 Å². The van der Waals surface area contributed by atoms with Crippen LogP contribution in [0.5, 0.6) is 5.75 Å². The SMILES string of the molecule is CNC1(Cc2ccc(OC)c(F)c2)CCN(C)CC1. The van der Waals surface area contributed by atoms with E-state index in [0.29, 0.717) is 5.75 Å². The van der Waals surface area contributed by atoms with Crippen LogP contribution in [0.3, 0.4) is 0 Å². The average molecular weight is 266 g/mol. The van der Waals surface area contributed by atoms with Gasteiger partial charge in [0.15, 0.2) is 11.6 Å². The summed E-state index contributed by atoms with van der Waals surface area (Å²) in [6, 6.07) is 5.26. The zero-order chi connectivity index (χ0) is 13.9. The van der Waals surface area contributed by atoms with Gasteiger partial charge >= 0.3 is 0 Å². The van der Waals surface area contributed by atoms with Gasteiger partial charge in [-0.2, -0.15) is 0 Å². The number of likely N-dealkylation sites (N-methyl/N-ethyl adjacent to an activating group) is 1. The van der Waals surface area contributed by atoms with Gasteiger partial charge in [0, 0.05) is 5.54 Å². The Morgan fingerprint density at radius 2 is 2.05 bits per heavy atom. The molecule has 1 aliphatic rings. The molecule has 2 rings (SSSR count). The van der Waals surface area contributed by atoms with E-state index < -0.39 is 0 Å². The first-order valence-electron chi connectivity index (χ1n) is 6.78. The molecule has 0 radical (unpaired) electrons. The van der Waals surface area contributed by atoms with Gasteiger partial charge in [-0.3, -0.25) is 0 Å². The van der Waals surface area contributed by atoms with Crippen LogP contribution >= 0.6 is 0 Å². The molecule has 1 aromatic rings. The van der Waals surface area contributed by atoms with Crippen molar-refractivity contribution in [3.8, 4) is 5.75 Å². The smallest absolute Gasteiger partial charge is 0.165 e. The minimum Gasteiger partial charge on any atom is -0.494 e. The molecule has 0 aromatic heterocycles. The number of rotatable bonds is 4. The topological polar surface area (TPSA) is 24.5 Å². The molecule has 0 atom stereocenters. The highest BCUT2D eigenvalue weighted by atomic mass is 19.1. The zero-order valence-electron chi connectivity index (χ0n) is 12.0. The zero-order valence-corrected chi connectivity index (χ0v) is 12.0. The van der Waals surface area contributed by atoms with Crippen molar-refractivity contribution in [2.24, 2.45) is 0 Å². The monoisotopic (exact) mass is 266 g/mol. The number of halogens is 1. The van der Waals surface area contributed by atoms with Crippen molar-refractivity contribution in [1.29, 1.82) is 0 Å². The van der Waals surface area contributed by atoms with Crippen molar-refractivity contribution < 1.29 is 9.13 Å². The predicted octanol–water partition coefficient (Wildman–Crippen LogP) is 2.06. The molecule has 0 spiro atoms. The number of hydrogen-bond acceptors (Lipinski definition) is 3. The first-order valence-corrected chi connectivity index (χ1v) is 6.78. The van der Waals surface area contributed by atoms with Gasteiger partial charge in [-0.15, -0.1) is 0 Å². The highest BCUT2D eigenvalue weighted by Gasteiger charge is 2.32. The summed E-state index contributed by atoms with van der Waals surface area (Å²) in [5, 5.41) is 3.45. The van der Waals surface area contributed by atoms with Gasteiger partial charge < -0.3 is 15.0 Å². The molecule has 0 saturated carbocycles. The van der Waals surface area contributed by atoms with Crippen LogP contribution in [0, 0.1) is 5.82 Å². The van der Waals surface area contributed by atoms with E-state index in [2.05, 4.69) is 17.3 Å². The van der Waals surface area contributed by atoms with Gasteiger partial charge in [0.2, 0.25) is 0 Å². The Bertz CT molecular complexity index is 428. The standard InChI is InChI=1S/C15H23FN2O/c1-17-15(6-8-18(2)9-7-15)11-12-4-5-14(19-3)13(16)10-12/h4-5,10,17H,6-9,11H2,1-3H3. The fourth-order valence-corrected chi connectivity index (χ4v) is 2.77. The number of benzene rings is 1. The maximum absolute atomic E-state index is 13.7. The maximum atomic E-state index is 13.7. The van der Waals surface area contributed by atoms with Crippen LogP contribution in [-0.4, -0.2) is 44.7 Å². The van der Waals surface area contributed by atoms with Crippen molar-refractivity contribution in [1.82, 2.24) is 10.2 Å². The molecule has 1 fully saturated rings. The summed E-state index contributed by atoms with van der Waals surface area (Å²) >= 11 is 0. The van der Waals surface area contributed by atoms with Gasteiger partial charge in [0.25, 0.3) is 0 Å². The van der Waals surface area contributed by atoms with Crippen molar-refractivity contribution in [2.45, 2.75) is 24.8 Å². The van der Waals surface area contributed by atoms with Crippen LogP contribution in [0.15, 0.2) is 18.2 Å². The highest BCUT2D eigenvalue weighted by Crippen LogP contribution is 2.27. The Labute approximate surface area is 114 Å². The number of hydrogen-bond donors (Lipinski definition) is 1. The minimum atomic E-state index is -0.279. The van der Waals surface area contributed by atoms with Crippen molar-refractivity contribution in [3.63, 3.8) is 0 Å². The number of methoxy groups -OCH3 is 1. The Balaban J connectivity index is 2.12. The molecule has 1 saturated heterocycles. The first kappa shape index (κ1) is 14.3. The quantitative estimate of drug-likeness (QED) is 0.903. The number of piperidine rings is 1. The van der Waals surface area contributed by atoms with E-state index in [1.54, 1.807) is 12.1 Å². The summed E-state index contributed by atoms with van der Waals surface area (Å²) in [6.07, 6.45) is 3.04. The maximum Gasteiger partial charge on any atom is 0.165 e. The first-order chi connectivity index (χ1) is 9.08.